The predicted molar refractivity (Wildman–Crippen MR) is 98.8 cm³/mol. The summed E-state index contributed by atoms with van der Waals surface area (Å²) in [5, 5.41) is 3.60. The smallest absolute Gasteiger partial charge is 0.262 e. The Morgan fingerprint density at radius 3 is 2.76 bits per heavy atom. The van der Waals surface area contributed by atoms with Crippen molar-refractivity contribution in [3.05, 3.63) is 57.2 Å². The van der Waals surface area contributed by atoms with Gasteiger partial charge in [-0.1, -0.05) is 0 Å². The van der Waals surface area contributed by atoms with Gasteiger partial charge in [-0.25, -0.2) is 4.98 Å². The molecule has 0 saturated carbocycles. The van der Waals surface area contributed by atoms with Gasteiger partial charge in [-0.15, -0.1) is 11.3 Å². The van der Waals surface area contributed by atoms with Crippen molar-refractivity contribution in [2.75, 3.05) is 0 Å². The molecule has 0 radical (unpaired) electrons. The number of pyridine rings is 1. The Balaban J connectivity index is 1.68. The van der Waals surface area contributed by atoms with Crippen molar-refractivity contribution in [3.8, 4) is 0 Å². The number of aryl methyl sites for hydroxylation is 3. The normalized spacial score (nSPS) is 12.3. The lowest BCUT2D eigenvalue weighted by atomic mass is 10.1. The number of amides is 1. The summed E-state index contributed by atoms with van der Waals surface area (Å²) in [5.41, 5.74) is 1.89. The lowest BCUT2D eigenvalue weighted by Crippen LogP contribution is -2.29. The lowest BCUT2D eigenvalue weighted by molar-refractivity contribution is -0.121. The van der Waals surface area contributed by atoms with E-state index in [1.54, 1.807) is 12.4 Å². The molecule has 1 atom stereocenters. The molecule has 3 aromatic heterocycles. The van der Waals surface area contributed by atoms with Gasteiger partial charge in [-0.2, -0.15) is 0 Å². The standard InChI is InChI=1S/C18H20N4O2S/c1-11-13(3)25-17-16(11)18(24)22(10-20-17)9-6-15(23)21-12(2)14-4-7-19-8-5-14/h4-5,7-8,10,12H,6,9H2,1-3H3,(H,21,23)/t12-/m0/s1. The van der Waals surface area contributed by atoms with E-state index in [4.69, 9.17) is 0 Å². The van der Waals surface area contributed by atoms with Gasteiger partial charge < -0.3 is 5.32 Å². The highest BCUT2D eigenvalue weighted by molar-refractivity contribution is 7.18. The van der Waals surface area contributed by atoms with Gasteiger partial charge in [0.1, 0.15) is 4.83 Å². The first kappa shape index (κ1) is 17.3. The summed E-state index contributed by atoms with van der Waals surface area (Å²) in [4.78, 5) is 35.0. The van der Waals surface area contributed by atoms with E-state index in [9.17, 15) is 9.59 Å². The highest BCUT2D eigenvalue weighted by atomic mass is 32.1. The van der Waals surface area contributed by atoms with Crippen LogP contribution in [0.3, 0.4) is 0 Å². The van der Waals surface area contributed by atoms with Crippen molar-refractivity contribution >= 4 is 27.5 Å². The summed E-state index contributed by atoms with van der Waals surface area (Å²) >= 11 is 1.52. The fourth-order valence-electron chi connectivity index (χ4n) is 2.70. The lowest BCUT2D eigenvalue weighted by Gasteiger charge is -2.14. The van der Waals surface area contributed by atoms with Crippen molar-refractivity contribution in [1.82, 2.24) is 19.9 Å². The fraction of sp³-hybridized carbons (Fsp3) is 0.333. The van der Waals surface area contributed by atoms with Gasteiger partial charge in [-0.3, -0.25) is 19.1 Å². The predicted octanol–water partition coefficient (Wildman–Crippen LogP) is 2.74. The minimum atomic E-state index is -0.102. The van der Waals surface area contributed by atoms with Gasteiger partial charge in [-0.05, 0) is 44.0 Å². The van der Waals surface area contributed by atoms with Crippen LogP contribution >= 0.6 is 11.3 Å². The molecule has 130 valence electrons. The SMILES string of the molecule is Cc1sc2ncn(CCC(=O)N[C@@H](C)c3ccncc3)c(=O)c2c1C. The van der Waals surface area contributed by atoms with Gasteiger partial charge >= 0.3 is 0 Å². The van der Waals surface area contributed by atoms with Crippen LogP contribution < -0.4 is 10.9 Å². The Morgan fingerprint density at radius 1 is 1.32 bits per heavy atom. The van der Waals surface area contributed by atoms with Gasteiger partial charge in [0, 0.05) is 30.2 Å². The number of fused-ring (bicyclic) bond motifs is 1. The third-order valence-corrected chi connectivity index (χ3v) is 5.43. The van der Waals surface area contributed by atoms with Crippen LogP contribution in [0.5, 0.6) is 0 Å². The van der Waals surface area contributed by atoms with Crippen molar-refractivity contribution < 1.29 is 4.79 Å². The number of carbonyl (C=O) groups excluding carboxylic acids is 1. The van der Waals surface area contributed by atoms with Crippen LogP contribution in [-0.2, 0) is 11.3 Å². The molecule has 0 unspecified atom stereocenters. The van der Waals surface area contributed by atoms with Crippen LogP contribution in [0.2, 0.25) is 0 Å². The van der Waals surface area contributed by atoms with E-state index in [0.29, 0.717) is 11.9 Å². The Labute approximate surface area is 149 Å². The van der Waals surface area contributed by atoms with E-state index in [1.165, 1.54) is 22.2 Å². The summed E-state index contributed by atoms with van der Waals surface area (Å²) in [7, 11) is 0. The van der Waals surface area contributed by atoms with Gasteiger partial charge in [0.2, 0.25) is 5.91 Å². The molecule has 0 bridgehead atoms. The van der Waals surface area contributed by atoms with E-state index in [2.05, 4.69) is 15.3 Å². The van der Waals surface area contributed by atoms with Crippen LogP contribution in [0.1, 0.15) is 35.4 Å². The number of aromatic nitrogens is 3. The minimum absolute atomic E-state index is 0.0816. The summed E-state index contributed by atoms with van der Waals surface area (Å²) in [6, 6.07) is 3.64. The molecule has 6 nitrogen and oxygen atoms in total. The number of nitrogens with one attached hydrogen (secondary N) is 1. The zero-order valence-electron chi connectivity index (χ0n) is 14.4. The monoisotopic (exact) mass is 356 g/mol. The Hall–Kier alpha value is -2.54. The second-order valence-corrected chi connectivity index (χ2v) is 7.23. The van der Waals surface area contributed by atoms with E-state index >= 15 is 0 Å². The van der Waals surface area contributed by atoms with E-state index in [1.807, 2.05) is 32.9 Å². The maximum Gasteiger partial charge on any atom is 0.262 e. The van der Waals surface area contributed by atoms with Crippen LogP contribution in [0, 0.1) is 13.8 Å². The maximum absolute atomic E-state index is 12.6. The average molecular weight is 356 g/mol. The summed E-state index contributed by atoms with van der Waals surface area (Å²) < 4.78 is 1.51. The number of carbonyl (C=O) groups is 1. The fourth-order valence-corrected chi connectivity index (χ4v) is 3.69. The van der Waals surface area contributed by atoms with Gasteiger partial charge in [0.25, 0.3) is 5.56 Å². The topological polar surface area (TPSA) is 76.9 Å². The molecule has 7 heteroatoms. The first-order valence-electron chi connectivity index (χ1n) is 8.12. The van der Waals surface area contributed by atoms with Gasteiger partial charge in [0.05, 0.1) is 17.8 Å². The average Bonchev–Trinajstić information content (AvgIpc) is 2.90. The number of rotatable bonds is 5. The molecule has 0 fully saturated rings. The third kappa shape index (κ3) is 3.61. The van der Waals surface area contributed by atoms with Crippen LogP contribution in [0.25, 0.3) is 10.2 Å². The molecule has 3 heterocycles. The largest absolute Gasteiger partial charge is 0.350 e. The zero-order valence-corrected chi connectivity index (χ0v) is 15.3. The Bertz CT molecular complexity index is 962. The molecule has 1 amide bonds. The van der Waals surface area contributed by atoms with E-state index in [0.717, 1.165) is 20.8 Å². The Morgan fingerprint density at radius 2 is 2.04 bits per heavy atom. The minimum Gasteiger partial charge on any atom is -0.350 e. The van der Waals surface area contributed by atoms with Gasteiger partial charge in [0.15, 0.2) is 0 Å². The van der Waals surface area contributed by atoms with E-state index in [-0.39, 0.29) is 23.9 Å². The maximum atomic E-state index is 12.6. The summed E-state index contributed by atoms with van der Waals surface area (Å²) in [5.74, 6) is -0.102. The van der Waals surface area contributed by atoms with Crippen molar-refractivity contribution in [1.29, 1.82) is 0 Å². The molecule has 3 aromatic rings. The van der Waals surface area contributed by atoms with Crippen LogP contribution in [0.4, 0.5) is 0 Å². The second kappa shape index (κ2) is 7.14. The van der Waals surface area contributed by atoms with E-state index < -0.39 is 0 Å². The van der Waals surface area contributed by atoms with Crippen molar-refractivity contribution in [2.24, 2.45) is 0 Å². The van der Waals surface area contributed by atoms with Crippen molar-refractivity contribution in [3.63, 3.8) is 0 Å². The molecular formula is C18H20N4O2S. The molecule has 3 rings (SSSR count). The second-order valence-electron chi connectivity index (χ2n) is 6.03. The molecular weight excluding hydrogens is 336 g/mol. The van der Waals surface area contributed by atoms with Crippen molar-refractivity contribution in [2.45, 2.75) is 39.8 Å². The summed E-state index contributed by atoms with van der Waals surface area (Å²) in [6.45, 7) is 6.15. The zero-order chi connectivity index (χ0) is 18.0. The highest BCUT2D eigenvalue weighted by Crippen LogP contribution is 2.25. The number of thiophene rings is 1. The molecule has 25 heavy (non-hydrogen) atoms. The third-order valence-electron chi connectivity index (χ3n) is 4.32. The number of hydrogen-bond donors (Lipinski definition) is 1. The molecule has 0 aromatic carbocycles. The molecule has 0 aliphatic carbocycles. The quantitative estimate of drug-likeness (QED) is 0.762. The molecule has 0 aliphatic rings. The molecule has 0 aliphatic heterocycles. The Kier molecular flexibility index (Phi) is 4.94. The molecule has 0 spiro atoms. The molecule has 0 saturated heterocycles. The first-order valence-corrected chi connectivity index (χ1v) is 8.93. The van der Waals surface area contributed by atoms with Crippen LogP contribution in [-0.4, -0.2) is 20.4 Å². The molecule has 1 N–H and O–H groups in total. The number of nitrogens with zero attached hydrogens (tertiary/aromatic N) is 3. The highest BCUT2D eigenvalue weighted by Gasteiger charge is 2.13. The van der Waals surface area contributed by atoms with Crippen LogP contribution in [0.15, 0.2) is 35.6 Å². The first-order chi connectivity index (χ1) is 12.0. The number of hydrogen-bond acceptors (Lipinski definition) is 5. The summed E-state index contributed by atoms with van der Waals surface area (Å²) in [6.07, 6.45) is 5.15.